The van der Waals surface area contributed by atoms with Crippen LogP contribution in [0.4, 0.5) is 0 Å². The molecule has 0 bridgehead atoms. The molecule has 0 N–H and O–H groups in total. The molecule has 2 aromatic carbocycles. The van der Waals surface area contributed by atoms with Crippen molar-refractivity contribution in [2.75, 3.05) is 6.61 Å². The van der Waals surface area contributed by atoms with Gasteiger partial charge in [0, 0.05) is 5.57 Å². The van der Waals surface area contributed by atoms with Gasteiger partial charge in [-0.3, -0.25) is 4.79 Å². The number of hydrogen-bond acceptors (Lipinski definition) is 3. The molecule has 106 valence electrons. The Hall–Kier alpha value is -2.68. The van der Waals surface area contributed by atoms with Crippen molar-refractivity contribution in [1.29, 1.82) is 0 Å². The second-order valence-electron chi connectivity index (χ2n) is 4.43. The number of hydrogen-bond donors (Lipinski definition) is 0. The molecule has 2 rings (SSSR count). The zero-order valence-corrected chi connectivity index (χ0v) is 11.8. The lowest BCUT2D eigenvalue weighted by Crippen LogP contribution is -2.04. The molecule has 3 nitrogen and oxygen atoms in total. The average Bonchev–Trinajstić information content (AvgIpc) is 2.54. The molecule has 0 aliphatic heterocycles. The van der Waals surface area contributed by atoms with Crippen molar-refractivity contribution in [2.24, 2.45) is 0 Å². The number of carbonyl (C=O) groups excluding carboxylic acids is 2. The summed E-state index contributed by atoms with van der Waals surface area (Å²) in [5, 5.41) is 0. The van der Waals surface area contributed by atoms with E-state index in [-0.39, 0.29) is 5.97 Å². The average molecular weight is 280 g/mol. The standard InChI is InChI=1S/C18H16O3/c1-2-21-18(20)16-10-6-9-15(12-16)17(13-19)11-14-7-4-3-5-8-14/h3-13H,2H2,1H3. The summed E-state index contributed by atoms with van der Waals surface area (Å²) >= 11 is 0. The topological polar surface area (TPSA) is 43.4 Å². The number of rotatable bonds is 5. The Kier molecular flexibility index (Phi) is 5.04. The number of allylic oxidation sites excluding steroid dienone is 1. The number of aldehydes is 1. The van der Waals surface area contributed by atoms with Gasteiger partial charge < -0.3 is 4.74 Å². The minimum Gasteiger partial charge on any atom is -0.462 e. The van der Waals surface area contributed by atoms with E-state index in [1.165, 1.54) is 0 Å². The van der Waals surface area contributed by atoms with Crippen molar-refractivity contribution in [3.8, 4) is 0 Å². The molecule has 0 atom stereocenters. The Morgan fingerprint density at radius 3 is 2.43 bits per heavy atom. The Bertz CT molecular complexity index is 657. The highest BCUT2D eigenvalue weighted by Crippen LogP contribution is 2.18. The molecule has 0 heterocycles. The van der Waals surface area contributed by atoms with Crippen LogP contribution in [0.15, 0.2) is 54.6 Å². The second kappa shape index (κ2) is 7.20. The van der Waals surface area contributed by atoms with Gasteiger partial charge in [0.05, 0.1) is 12.2 Å². The highest BCUT2D eigenvalue weighted by atomic mass is 16.5. The summed E-state index contributed by atoms with van der Waals surface area (Å²) in [6.07, 6.45) is 2.58. The first-order valence-corrected chi connectivity index (χ1v) is 6.74. The van der Waals surface area contributed by atoms with E-state index in [1.54, 1.807) is 37.3 Å². The summed E-state index contributed by atoms with van der Waals surface area (Å²) in [5.41, 5.74) is 2.59. The third-order valence-electron chi connectivity index (χ3n) is 2.96. The maximum Gasteiger partial charge on any atom is 0.338 e. The monoisotopic (exact) mass is 280 g/mol. The fraction of sp³-hybridized carbons (Fsp3) is 0.111. The van der Waals surface area contributed by atoms with Crippen LogP contribution >= 0.6 is 0 Å². The largest absolute Gasteiger partial charge is 0.462 e. The molecule has 0 saturated carbocycles. The van der Waals surface area contributed by atoms with Crippen molar-refractivity contribution in [1.82, 2.24) is 0 Å². The summed E-state index contributed by atoms with van der Waals surface area (Å²) in [5.74, 6) is -0.385. The molecule has 0 saturated heterocycles. The van der Waals surface area contributed by atoms with E-state index in [9.17, 15) is 9.59 Å². The molecule has 0 unspecified atom stereocenters. The molecule has 0 spiro atoms. The van der Waals surface area contributed by atoms with Crippen molar-refractivity contribution in [3.05, 3.63) is 71.3 Å². The van der Waals surface area contributed by atoms with Gasteiger partial charge in [-0.2, -0.15) is 0 Å². The van der Waals surface area contributed by atoms with Crippen LogP contribution in [-0.2, 0) is 9.53 Å². The van der Waals surface area contributed by atoms with Crippen molar-refractivity contribution >= 4 is 23.9 Å². The summed E-state index contributed by atoms with van der Waals surface area (Å²) < 4.78 is 4.97. The number of esters is 1. The molecular weight excluding hydrogens is 264 g/mol. The Morgan fingerprint density at radius 1 is 1.05 bits per heavy atom. The van der Waals surface area contributed by atoms with E-state index in [1.807, 2.05) is 30.3 Å². The van der Waals surface area contributed by atoms with Crippen LogP contribution in [0.25, 0.3) is 11.6 Å². The number of ether oxygens (including phenoxy) is 1. The van der Waals surface area contributed by atoms with E-state index >= 15 is 0 Å². The summed E-state index contributed by atoms with van der Waals surface area (Å²) in [6, 6.07) is 16.4. The highest BCUT2D eigenvalue weighted by Gasteiger charge is 2.08. The highest BCUT2D eigenvalue weighted by molar-refractivity contribution is 6.13. The Morgan fingerprint density at radius 2 is 1.76 bits per heavy atom. The lowest BCUT2D eigenvalue weighted by Gasteiger charge is -2.05. The summed E-state index contributed by atoms with van der Waals surface area (Å²) in [4.78, 5) is 23.1. The third-order valence-corrected chi connectivity index (χ3v) is 2.96. The van der Waals surface area contributed by atoms with Crippen molar-refractivity contribution < 1.29 is 14.3 Å². The first-order valence-electron chi connectivity index (χ1n) is 6.74. The molecule has 0 fully saturated rings. The van der Waals surface area contributed by atoms with Gasteiger partial charge in [0.15, 0.2) is 6.29 Å². The minimum atomic E-state index is -0.385. The molecule has 2 aromatic rings. The fourth-order valence-corrected chi connectivity index (χ4v) is 1.95. The fourth-order valence-electron chi connectivity index (χ4n) is 1.95. The first kappa shape index (κ1) is 14.7. The molecule has 0 aliphatic carbocycles. The molecule has 0 amide bonds. The van der Waals surface area contributed by atoms with Gasteiger partial charge in [-0.1, -0.05) is 42.5 Å². The molecule has 21 heavy (non-hydrogen) atoms. The van der Waals surface area contributed by atoms with Gasteiger partial charge in [-0.05, 0) is 36.3 Å². The van der Waals surface area contributed by atoms with E-state index in [4.69, 9.17) is 4.74 Å². The van der Waals surface area contributed by atoms with Gasteiger partial charge in [0.2, 0.25) is 0 Å². The number of carbonyl (C=O) groups is 2. The molecule has 0 aromatic heterocycles. The smallest absolute Gasteiger partial charge is 0.338 e. The van der Waals surface area contributed by atoms with Crippen LogP contribution in [0.2, 0.25) is 0 Å². The first-order chi connectivity index (χ1) is 10.2. The van der Waals surface area contributed by atoms with Crippen LogP contribution < -0.4 is 0 Å². The maximum absolute atomic E-state index is 11.7. The van der Waals surface area contributed by atoms with Crippen molar-refractivity contribution in [3.63, 3.8) is 0 Å². The van der Waals surface area contributed by atoms with Crippen LogP contribution in [-0.4, -0.2) is 18.9 Å². The summed E-state index contributed by atoms with van der Waals surface area (Å²) in [7, 11) is 0. The molecule has 0 radical (unpaired) electrons. The van der Waals surface area contributed by atoms with Gasteiger partial charge in [0.25, 0.3) is 0 Å². The van der Waals surface area contributed by atoms with Gasteiger partial charge >= 0.3 is 5.97 Å². The van der Waals surface area contributed by atoms with Gasteiger partial charge in [-0.25, -0.2) is 4.79 Å². The van der Waals surface area contributed by atoms with E-state index in [0.29, 0.717) is 23.3 Å². The van der Waals surface area contributed by atoms with Crippen LogP contribution in [0.5, 0.6) is 0 Å². The Balaban J connectivity index is 2.35. The van der Waals surface area contributed by atoms with Crippen LogP contribution in [0.1, 0.15) is 28.4 Å². The predicted octanol–water partition coefficient (Wildman–Crippen LogP) is 3.60. The minimum absolute atomic E-state index is 0.323. The lowest BCUT2D eigenvalue weighted by molar-refractivity contribution is -0.103. The quantitative estimate of drug-likeness (QED) is 0.364. The second-order valence-corrected chi connectivity index (χ2v) is 4.43. The predicted molar refractivity (Wildman–Crippen MR) is 82.8 cm³/mol. The van der Waals surface area contributed by atoms with E-state index < -0.39 is 0 Å². The zero-order valence-electron chi connectivity index (χ0n) is 11.8. The SMILES string of the molecule is CCOC(=O)c1cccc(C(C=O)=Cc2ccccc2)c1. The van der Waals surface area contributed by atoms with Crippen molar-refractivity contribution in [2.45, 2.75) is 6.92 Å². The lowest BCUT2D eigenvalue weighted by atomic mass is 10.0. The number of benzene rings is 2. The normalized spacial score (nSPS) is 11.0. The van der Waals surface area contributed by atoms with E-state index in [2.05, 4.69) is 0 Å². The molecule has 0 aliphatic rings. The van der Waals surface area contributed by atoms with Crippen LogP contribution in [0.3, 0.4) is 0 Å². The van der Waals surface area contributed by atoms with E-state index in [0.717, 1.165) is 11.8 Å². The molecular formula is C18H16O3. The third kappa shape index (κ3) is 3.89. The maximum atomic E-state index is 11.7. The van der Waals surface area contributed by atoms with Crippen LogP contribution in [0, 0.1) is 0 Å². The zero-order chi connectivity index (χ0) is 15.1. The Labute approximate surface area is 123 Å². The van der Waals surface area contributed by atoms with Gasteiger partial charge in [-0.15, -0.1) is 0 Å². The summed E-state index contributed by atoms with van der Waals surface area (Å²) in [6.45, 7) is 2.08. The van der Waals surface area contributed by atoms with Gasteiger partial charge in [0.1, 0.15) is 0 Å². The molecule has 3 heteroatoms.